The molecule has 1 N–H and O–H groups in total. The van der Waals surface area contributed by atoms with Crippen LogP contribution in [-0.4, -0.2) is 66.3 Å². The summed E-state index contributed by atoms with van der Waals surface area (Å²) in [6, 6.07) is 1.15. The molecule has 5 heteroatoms. The number of ether oxygens (including phenoxy) is 1. The van der Waals surface area contributed by atoms with Crippen molar-refractivity contribution in [3.8, 4) is 0 Å². The average molecular weight is 323 g/mol. The molecule has 2 amide bonds. The number of rotatable bonds is 3. The van der Waals surface area contributed by atoms with Gasteiger partial charge in [0.15, 0.2) is 0 Å². The molecule has 0 radical (unpaired) electrons. The van der Waals surface area contributed by atoms with Crippen LogP contribution in [0.4, 0.5) is 4.79 Å². The van der Waals surface area contributed by atoms with E-state index in [0.717, 1.165) is 12.6 Å². The Bertz CT molecular complexity index is 403. The first kappa shape index (κ1) is 17.0. The van der Waals surface area contributed by atoms with Gasteiger partial charge in [-0.2, -0.15) is 0 Å². The molecule has 3 fully saturated rings. The van der Waals surface area contributed by atoms with Gasteiger partial charge in [-0.1, -0.05) is 6.42 Å². The predicted molar refractivity (Wildman–Crippen MR) is 91.5 cm³/mol. The first-order valence-electron chi connectivity index (χ1n) is 9.48. The maximum atomic E-state index is 12.6. The largest absolute Gasteiger partial charge is 0.372 e. The Labute approximate surface area is 140 Å². The maximum absolute atomic E-state index is 12.6. The first-order valence-corrected chi connectivity index (χ1v) is 9.48. The second-order valence-corrected chi connectivity index (χ2v) is 7.88. The second kappa shape index (κ2) is 7.39. The molecule has 0 spiro atoms. The van der Waals surface area contributed by atoms with Gasteiger partial charge in [0.2, 0.25) is 0 Å². The van der Waals surface area contributed by atoms with Crippen LogP contribution in [0.25, 0.3) is 0 Å². The third kappa shape index (κ3) is 4.18. The minimum atomic E-state index is 0.0836. The number of amides is 2. The Morgan fingerprint density at radius 1 is 1.09 bits per heavy atom. The fraction of sp³-hybridized carbons (Fsp3) is 0.944. The topological polar surface area (TPSA) is 44.8 Å². The van der Waals surface area contributed by atoms with Gasteiger partial charge in [0.1, 0.15) is 0 Å². The van der Waals surface area contributed by atoms with Crippen LogP contribution in [0.2, 0.25) is 0 Å². The van der Waals surface area contributed by atoms with E-state index in [1.165, 1.54) is 38.6 Å². The van der Waals surface area contributed by atoms with E-state index in [0.29, 0.717) is 19.0 Å². The Morgan fingerprint density at radius 2 is 1.78 bits per heavy atom. The van der Waals surface area contributed by atoms with Crippen LogP contribution in [0.3, 0.4) is 0 Å². The number of carbonyl (C=O) groups is 1. The van der Waals surface area contributed by atoms with Gasteiger partial charge in [-0.15, -0.1) is 0 Å². The molecule has 0 aromatic rings. The molecule has 23 heavy (non-hydrogen) atoms. The van der Waals surface area contributed by atoms with Crippen molar-refractivity contribution in [3.05, 3.63) is 0 Å². The summed E-state index contributed by atoms with van der Waals surface area (Å²) in [5.74, 6) is 0.587. The standard InChI is InChI=1S/C18H33N3O2/c1-13-10-21(11-14(2)23-13)18(22)19-15(3)16-6-5-9-20(12-16)17-7-4-8-17/h13-17H,4-12H2,1-3H3,(H,19,22)/t13-,14+,15-,16-/m0/s1. The van der Waals surface area contributed by atoms with Crippen molar-refractivity contribution in [1.29, 1.82) is 0 Å². The van der Waals surface area contributed by atoms with Crippen molar-refractivity contribution in [2.24, 2.45) is 5.92 Å². The predicted octanol–water partition coefficient (Wildman–Crippen LogP) is 2.46. The number of carbonyl (C=O) groups excluding carboxylic acids is 1. The zero-order valence-electron chi connectivity index (χ0n) is 15.0. The number of hydrogen-bond acceptors (Lipinski definition) is 3. The zero-order valence-corrected chi connectivity index (χ0v) is 15.0. The zero-order chi connectivity index (χ0) is 16.4. The Kier molecular flexibility index (Phi) is 5.47. The molecule has 1 saturated carbocycles. The Morgan fingerprint density at radius 3 is 2.39 bits per heavy atom. The van der Waals surface area contributed by atoms with Crippen molar-refractivity contribution in [3.63, 3.8) is 0 Å². The van der Waals surface area contributed by atoms with Gasteiger partial charge < -0.3 is 19.9 Å². The molecule has 4 atom stereocenters. The number of morpholine rings is 1. The smallest absolute Gasteiger partial charge is 0.317 e. The van der Waals surface area contributed by atoms with Crippen LogP contribution >= 0.6 is 0 Å². The third-order valence-corrected chi connectivity index (χ3v) is 5.85. The molecule has 1 aliphatic carbocycles. The quantitative estimate of drug-likeness (QED) is 0.868. The molecule has 0 aromatic carbocycles. The summed E-state index contributed by atoms with van der Waals surface area (Å²) in [4.78, 5) is 17.2. The second-order valence-electron chi connectivity index (χ2n) is 7.88. The lowest BCUT2D eigenvalue weighted by atomic mass is 9.85. The van der Waals surface area contributed by atoms with Crippen molar-refractivity contribution < 1.29 is 9.53 Å². The van der Waals surface area contributed by atoms with E-state index in [1.807, 2.05) is 18.7 Å². The van der Waals surface area contributed by atoms with Crippen LogP contribution < -0.4 is 5.32 Å². The molecule has 5 nitrogen and oxygen atoms in total. The monoisotopic (exact) mass is 323 g/mol. The minimum absolute atomic E-state index is 0.0836. The van der Waals surface area contributed by atoms with Gasteiger partial charge in [-0.3, -0.25) is 0 Å². The summed E-state index contributed by atoms with van der Waals surface area (Å²) in [5, 5.41) is 3.26. The number of nitrogens with one attached hydrogen (secondary N) is 1. The summed E-state index contributed by atoms with van der Waals surface area (Å²) >= 11 is 0. The lowest BCUT2D eigenvalue weighted by molar-refractivity contribution is -0.0550. The van der Waals surface area contributed by atoms with Crippen LogP contribution in [-0.2, 0) is 4.74 Å². The highest BCUT2D eigenvalue weighted by Crippen LogP contribution is 2.30. The summed E-state index contributed by atoms with van der Waals surface area (Å²) < 4.78 is 5.72. The van der Waals surface area contributed by atoms with Gasteiger partial charge in [0.25, 0.3) is 0 Å². The number of piperidine rings is 1. The molecule has 0 aromatic heterocycles. The van der Waals surface area contributed by atoms with Crippen LogP contribution in [0.5, 0.6) is 0 Å². The third-order valence-electron chi connectivity index (χ3n) is 5.85. The van der Waals surface area contributed by atoms with Crippen molar-refractivity contribution >= 4 is 6.03 Å². The highest BCUT2D eigenvalue weighted by Gasteiger charge is 2.33. The minimum Gasteiger partial charge on any atom is -0.372 e. The van der Waals surface area contributed by atoms with Crippen molar-refractivity contribution in [2.45, 2.75) is 77.2 Å². The maximum Gasteiger partial charge on any atom is 0.317 e. The molecular weight excluding hydrogens is 290 g/mol. The number of likely N-dealkylation sites (tertiary alicyclic amines) is 1. The van der Waals surface area contributed by atoms with Gasteiger partial charge in [0.05, 0.1) is 12.2 Å². The lowest BCUT2D eigenvalue weighted by Crippen LogP contribution is -2.56. The van der Waals surface area contributed by atoms with E-state index in [-0.39, 0.29) is 24.3 Å². The van der Waals surface area contributed by atoms with Crippen LogP contribution in [0.1, 0.15) is 52.9 Å². The van der Waals surface area contributed by atoms with E-state index in [1.54, 1.807) is 0 Å². The van der Waals surface area contributed by atoms with E-state index in [2.05, 4.69) is 17.1 Å². The van der Waals surface area contributed by atoms with Crippen molar-refractivity contribution in [1.82, 2.24) is 15.1 Å². The van der Waals surface area contributed by atoms with Gasteiger partial charge in [-0.05, 0) is 58.9 Å². The molecule has 2 aliphatic heterocycles. The fourth-order valence-electron chi connectivity index (χ4n) is 4.28. The number of nitrogens with zero attached hydrogens (tertiary/aromatic N) is 2. The summed E-state index contributed by atoms with van der Waals surface area (Å²) in [5.41, 5.74) is 0. The number of urea groups is 1. The Balaban J connectivity index is 1.49. The lowest BCUT2D eigenvalue weighted by Gasteiger charge is -2.44. The highest BCUT2D eigenvalue weighted by atomic mass is 16.5. The van der Waals surface area contributed by atoms with Crippen LogP contribution in [0, 0.1) is 5.92 Å². The molecule has 2 heterocycles. The van der Waals surface area contributed by atoms with Gasteiger partial charge in [0, 0.05) is 31.7 Å². The van der Waals surface area contributed by atoms with Crippen LogP contribution in [0.15, 0.2) is 0 Å². The first-order chi connectivity index (χ1) is 11.0. The van der Waals surface area contributed by atoms with Gasteiger partial charge in [-0.25, -0.2) is 4.79 Å². The van der Waals surface area contributed by atoms with E-state index in [4.69, 9.17) is 4.74 Å². The molecule has 132 valence electrons. The Hall–Kier alpha value is -0.810. The highest BCUT2D eigenvalue weighted by molar-refractivity contribution is 5.74. The molecular formula is C18H33N3O2. The molecule has 2 saturated heterocycles. The summed E-state index contributed by atoms with van der Waals surface area (Å²) in [7, 11) is 0. The molecule has 0 unspecified atom stereocenters. The molecule has 3 aliphatic rings. The fourth-order valence-corrected chi connectivity index (χ4v) is 4.28. The summed E-state index contributed by atoms with van der Waals surface area (Å²) in [6.45, 7) is 10.1. The van der Waals surface area contributed by atoms with E-state index < -0.39 is 0 Å². The van der Waals surface area contributed by atoms with Gasteiger partial charge >= 0.3 is 6.03 Å². The average Bonchev–Trinajstić information content (AvgIpc) is 2.44. The van der Waals surface area contributed by atoms with Crippen molar-refractivity contribution in [2.75, 3.05) is 26.2 Å². The van der Waals surface area contributed by atoms with E-state index in [9.17, 15) is 4.79 Å². The molecule has 3 rings (SSSR count). The number of hydrogen-bond donors (Lipinski definition) is 1. The normalized spacial score (nSPS) is 34.7. The summed E-state index contributed by atoms with van der Waals surface area (Å²) in [6.07, 6.45) is 6.90. The SMILES string of the molecule is C[C@@H]1CN(C(=O)N[C@@H](C)[C@H]2CCCN(C3CCC3)C2)C[C@H](C)O1. The molecule has 0 bridgehead atoms. The van der Waals surface area contributed by atoms with E-state index >= 15 is 0 Å².